The highest BCUT2D eigenvalue weighted by Crippen LogP contribution is 2.20. The molecule has 0 N–H and O–H groups in total. The summed E-state index contributed by atoms with van der Waals surface area (Å²) in [5, 5.41) is 0. The second-order valence-electron chi connectivity index (χ2n) is 4.74. The van der Waals surface area contributed by atoms with Crippen LogP contribution < -0.4 is 4.80 Å². The van der Waals surface area contributed by atoms with Gasteiger partial charge in [0.05, 0.1) is 15.1 Å². The number of hydrogen-bond donors (Lipinski definition) is 0. The molecule has 0 spiro atoms. The van der Waals surface area contributed by atoms with Crippen molar-refractivity contribution in [1.29, 1.82) is 0 Å². The van der Waals surface area contributed by atoms with Gasteiger partial charge in [-0.1, -0.05) is 41.7 Å². The topological polar surface area (TPSA) is 51.4 Å². The summed E-state index contributed by atoms with van der Waals surface area (Å²) in [6, 6.07) is 14.2. The van der Waals surface area contributed by atoms with Crippen molar-refractivity contribution in [3.63, 3.8) is 0 Å². The van der Waals surface area contributed by atoms with Crippen LogP contribution in [-0.4, -0.2) is 13.0 Å². The molecule has 1 heterocycles. The van der Waals surface area contributed by atoms with Gasteiger partial charge in [-0.2, -0.15) is 8.42 Å². The lowest BCUT2D eigenvalue weighted by Crippen LogP contribution is -2.14. The maximum Gasteiger partial charge on any atom is 0.285 e. The second-order valence-corrected chi connectivity index (χ2v) is 7.36. The lowest BCUT2D eigenvalue weighted by Gasteiger charge is -2.00. The van der Waals surface area contributed by atoms with Crippen LogP contribution in [0.3, 0.4) is 0 Å². The summed E-state index contributed by atoms with van der Waals surface area (Å²) in [6.45, 7) is 2.00. The predicted octanol–water partition coefficient (Wildman–Crippen LogP) is 2.84. The Morgan fingerprint density at radius 2 is 1.76 bits per heavy atom. The normalized spacial score (nSPS) is 13.0. The van der Waals surface area contributed by atoms with Gasteiger partial charge in [0.15, 0.2) is 0 Å². The molecule has 0 amide bonds. The van der Waals surface area contributed by atoms with Crippen molar-refractivity contribution in [1.82, 2.24) is 4.57 Å². The standard InChI is InChI=1S/C15H14N2O2S2/c1-11-7-6-10-13-14(11)17(2)15(20-13)16-21(18,19)12-8-4-3-5-9-12/h3-10H,1-2H3/b16-15-. The number of benzene rings is 2. The molecule has 0 saturated carbocycles. The van der Waals surface area contributed by atoms with Gasteiger partial charge >= 0.3 is 0 Å². The Bertz CT molecular complexity index is 968. The van der Waals surface area contributed by atoms with Crippen LogP contribution in [0.5, 0.6) is 0 Å². The minimum atomic E-state index is -3.68. The fourth-order valence-corrected chi connectivity index (χ4v) is 4.58. The number of para-hydroxylation sites is 1. The van der Waals surface area contributed by atoms with E-state index in [0.717, 1.165) is 15.8 Å². The van der Waals surface area contributed by atoms with Crippen LogP contribution in [0.15, 0.2) is 57.8 Å². The average molecular weight is 318 g/mol. The van der Waals surface area contributed by atoms with Crippen LogP contribution in [0.2, 0.25) is 0 Å². The molecular weight excluding hydrogens is 304 g/mol. The van der Waals surface area contributed by atoms with E-state index in [1.807, 2.05) is 36.7 Å². The first kappa shape index (κ1) is 14.0. The highest BCUT2D eigenvalue weighted by molar-refractivity contribution is 7.90. The molecule has 0 unspecified atom stereocenters. The second kappa shape index (κ2) is 5.13. The molecule has 6 heteroatoms. The van der Waals surface area contributed by atoms with Gasteiger partial charge in [-0.3, -0.25) is 0 Å². The van der Waals surface area contributed by atoms with Crippen molar-refractivity contribution < 1.29 is 8.42 Å². The van der Waals surface area contributed by atoms with E-state index < -0.39 is 10.0 Å². The van der Waals surface area contributed by atoms with E-state index in [-0.39, 0.29) is 4.90 Å². The predicted molar refractivity (Wildman–Crippen MR) is 84.7 cm³/mol. The van der Waals surface area contributed by atoms with E-state index in [9.17, 15) is 8.42 Å². The van der Waals surface area contributed by atoms with Crippen LogP contribution in [-0.2, 0) is 17.1 Å². The molecule has 3 rings (SSSR count). The quantitative estimate of drug-likeness (QED) is 0.729. The minimum Gasteiger partial charge on any atom is -0.319 e. The van der Waals surface area contributed by atoms with Gasteiger partial charge in [0.1, 0.15) is 0 Å². The number of rotatable bonds is 2. The molecule has 4 nitrogen and oxygen atoms in total. The number of fused-ring (bicyclic) bond motifs is 1. The van der Waals surface area contributed by atoms with Crippen molar-refractivity contribution >= 4 is 31.6 Å². The molecule has 0 aliphatic carbocycles. The third-order valence-corrected chi connectivity index (χ3v) is 5.76. The Morgan fingerprint density at radius 1 is 1.05 bits per heavy atom. The Kier molecular flexibility index (Phi) is 3.43. The summed E-state index contributed by atoms with van der Waals surface area (Å²) in [4.78, 5) is 0.683. The SMILES string of the molecule is Cc1cccc2s/c(=N\S(=O)(=O)c3ccccc3)n(C)c12. The third kappa shape index (κ3) is 2.52. The van der Waals surface area contributed by atoms with Gasteiger partial charge in [0.25, 0.3) is 10.0 Å². The molecule has 0 saturated heterocycles. The number of sulfonamides is 1. The molecule has 0 aliphatic heterocycles. The Balaban J connectivity index is 2.26. The largest absolute Gasteiger partial charge is 0.319 e. The van der Waals surface area contributed by atoms with Crippen LogP contribution in [0.1, 0.15) is 5.56 Å². The summed E-state index contributed by atoms with van der Waals surface area (Å²) < 4.78 is 31.5. The van der Waals surface area contributed by atoms with E-state index in [4.69, 9.17) is 0 Å². The number of aryl methyl sites for hydroxylation is 2. The molecule has 0 bridgehead atoms. The first-order valence-corrected chi connectivity index (χ1v) is 8.66. The Hall–Kier alpha value is -1.92. The monoisotopic (exact) mass is 318 g/mol. The Labute approximate surface area is 127 Å². The van der Waals surface area contributed by atoms with Crippen LogP contribution >= 0.6 is 11.3 Å². The van der Waals surface area contributed by atoms with Gasteiger partial charge in [0.2, 0.25) is 4.80 Å². The maximum absolute atomic E-state index is 12.3. The fraction of sp³-hybridized carbons (Fsp3) is 0.133. The van der Waals surface area contributed by atoms with Crippen molar-refractivity contribution in [3.8, 4) is 0 Å². The van der Waals surface area contributed by atoms with E-state index in [1.54, 1.807) is 30.3 Å². The molecule has 2 aromatic carbocycles. The number of aromatic nitrogens is 1. The van der Waals surface area contributed by atoms with E-state index in [0.29, 0.717) is 4.80 Å². The Morgan fingerprint density at radius 3 is 2.43 bits per heavy atom. The number of thiazole rings is 1. The molecule has 0 fully saturated rings. The molecule has 3 aromatic rings. The highest BCUT2D eigenvalue weighted by atomic mass is 32.2. The maximum atomic E-state index is 12.3. The number of nitrogens with zero attached hydrogens (tertiary/aromatic N) is 2. The number of hydrogen-bond acceptors (Lipinski definition) is 3. The first-order chi connectivity index (χ1) is 9.99. The van der Waals surface area contributed by atoms with Crippen LogP contribution in [0.25, 0.3) is 10.2 Å². The summed E-state index contributed by atoms with van der Waals surface area (Å²) in [7, 11) is -1.84. The molecule has 0 atom stereocenters. The van der Waals surface area contributed by atoms with Crippen molar-refractivity contribution in [2.75, 3.05) is 0 Å². The van der Waals surface area contributed by atoms with Crippen LogP contribution in [0.4, 0.5) is 0 Å². The zero-order chi connectivity index (χ0) is 15.0. The van der Waals surface area contributed by atoms with Gasteiger partial charge < -0.3 is 4.57 Å². The lowest BCUT2D eigenvalue weighted by atomic mass is 10.2. The average Bonchev–Trinajstić information content (AvgIpc) is 2.77. The van der Waals surface area contributed by atoms with Gasteiger partial charge in [-0.15, -0.1) is 4.40 Å². The third-order valence-electron chi connectivity index (χ3n) is 3.26. The van der Waals surface area contributed by atoms with E-state index in [2.05, 4.69) is 4.40 Å². The highest BCUT2D eigenvalue weighted by Gasteiger charge is 2.13. The molecule has 21 heavy (non-hydrogen) atoms. The van der Waals surface area contributed by atoms with Crippen molar-refractivity contribution in [2.45, 2.75) is 11.8 Å². The molecule has 1 aromatic heterocycles. The lowest BCUT2D eigenvalue weighted by molar-refractivity contribution is 0.596. The summed E-state index contributed by atoms with van der Waals surface area (Å²) in [5.74, 6) is 0. The zero-order valence-corrected chi connectivity index (χ0v) is 13.3. The summed E-state index contributed by atoms with van der Waals surface area (Å²) >= 11 is 1.38. The van der Waals surface area contributed by atoms with Crippen molar-refractivity contribution in [2.24, 2.45) is 11.4 Å². The smallest absolute Gasteiger partial charge is 0.285 e. The minimum absolute atomic E-state index is 0.208. The molecule has 108 valence electrons. The molecule has 0 aliphatic rings. The fourth-order valence-electron chi connectivity index (χ4n) is 2.23. The van der Waals surface area contributed by atoms with Crippen LogP contribution in [0, 0.1) is 6.92 Å². The van der Waals surface area contributed by atoms with Gasteiger partial charge in [-0.25, -0.2) is 0 Å². The molecule has 0 radical (unpaired) electrons. The van der Waals surface area contributed by atoms with E-state index >= 15 is 0 Å². The van der Waals surface area contributed by atoms with Gasteiger partial charge in [0, 0.05) is 7.05 Å². The summed E-state index contributed by atoms with van der Waals surface area (Å²) in [5.41, 5.74) is 2.12. The molecular formula is C15H14N2O2S2. The van der Waals surface area contributed by atoms with E-state index in [1.165, 1.54) is 11.3 Å². The van der Waals surface area contributed by atoms with Gasteiger partial charge in [-0.05, 0) is 30.7 Å². The summed E-state index contributed by atoms with van der Waals surface area (Å²) in [6.07, 6.45) is 0. The van der Waals surface area contributed by atoms with Crippen molar-refractivity contribution in [3.05, 3.63) is 58.9 Å². The first-order valence-electron chi connectivity index (χ1n) is 6.40. The zero-order valence-electron chi connectivity index (χ0n) is 11.6.